The third kappa shape index (κ3) is 5.91. The Morgan fingerprint density at radius 2 is 1.68 bits per heavy atom. The zero-order valence-electron chi connectivity index (χ0n) is 19.7. The van der Waals surface area contributed by atoms with E-state index in [0.29, 0.717) is 17.5 Å². The largest absolute Gasteiger partial charge is 0.352 e. The lowest BCUT2D eigenvalue weighted by Crippen LogP contribution is -2.49. The molecule has 0 fully saturated rings. The van der Waals surface area contributed by atoms with E-state index in [1.54, 1.807) is 36.1 Å². The van der Waals surface area contributed by atoms with Gasteiger partial charge in [-0.1, -0.05) is 47.1 Å². The first-order chi connectivity index (χ1) is 16.2. The van der Waals surface area contributed by atoms with E-state index >= 15 is 0 Å². The average molecular weight is 528 g/mol. The Hall–Kier alpha value is -3.00. The zero-order chi connectivity index (χ0) is 24.8. The molecule has 8 heteroatoms. The van der Waals surface area contributed by atoms with Crippen LogP contribution in [0.3, 0.4) is 0 Å². The van der Waals surface area contributed by atoms with Crippen molar-refractivity contribution in [2.24, 2.45) is 0 Å². The van der Waals surface area contributed by atoms with Crippen LogP contribution in [-0.4, -0.2) is 52.1 Å². The number of amides is 4. The van der Waals surface area contributed by atoms with Gasteiger partial charge in [0.15, 0.2) is 0 Å². The van der Waals surface area contributed by atoms with Crippen molar-refractivity contribution in [1.29, 1.82) is 0 Å². The fourth-order valence-corrected chi connectivity index (χ4v) is 4.30. The highest BCUT2D eigenvalue weighted by Crippen LogP contribution is 2.23. The van der Waals surface area contributed by atoms with E-state index in [-0.39, 0.29) is 49.2 Å². The number of nitrogens with one attached hydrogen (secondary N) is 1. The summed E-state index contributed by atoms with van der Waals surface area (Å²) in [5, 5.41) is 2.94. The van der Waals surface area contributed by atoms with Crippen molar-refractivity contribution in [3.05, 3.63) is 69.7 Å². The molecule has 2 aromatic carbocycles. The van der Waals surface area contributed by atoms with Crippen LogP contribution in [0.5, 0.6) is 0 Å². The fourth-order valence-electron chi connectivity index (χ4n) is 3.85. The highest BCUT2D eigenvalue weighted by atomic mass is 79.9. The number of imide groups is 1. The van der Waals surface area contributed by atoms with Gasteiger partial charge in [0.05, 0.1) is 11.1 Å². The minimum atomic E-state index is -0.667. The van der Waals surface area contributed by atoms with E-state index in [4.69, 9.17) is 0 Å². The number of benzene rings is 2. The first-order valence-corrected chi connectivity index (χ1v) is 12.3. The lowest BCUT2D eigenvalue weighted by molar-refractivity contribution is -0.141. The van der Waals surface area contributed by atoms with E-state index in [2.05, 4.69) is 21.2 Å². The average Bonchev–Trinajstić information content (AvgIpc) is 3.07. The topological polar surface area (TPSA) is 86.8 Å². The lowest BCUT2D eigenvalue weighted by Gasteiger charge is -2.30. The SMILES string of the molecule is CC[C@H](C)NC(=O)[C@H](C)N(Cc1cccc(Br)c1)C(=O)CCCN1C(=O)c2ccccc2C1=O. The standard InChI is InChI=1S/C26H30BrN3O4/c1-4-17(2)28-24(32)18(3)30(16-19-9-7-10-20(27)15-19)23(31)13-8-14-29-25(33)21-11-5-6-12-22(21)26(29)34/h5-7,9-12,15,17-18H,4,8,13-14,16H2,1-3H3,(H,28,32)/t17-,18-/m0/s1. The van der Waals surface area contributed by atoms with Gasteiger partial charge in [0.25, 0.3) is 11.8 Å². The maximum atomic E-state index is 13.2. The summed E-state index contributed by atoms with van der Waals surface area (Å²) in [6.07, 6.45) is 1.22. The minimum Gasteiger partial charge on any atom is -0.352 e. The molecule has 2 atom stereocenters. The summed E-state index contributed by atoms with van der Waals surface area (Å²) in [4.78, 5) is 53.9. The summed E-state index contributed by atoms with van der Waals surface area (Å²) in [5.74, 6) is -1.08. The number of nitrogens with zero attached hydrogens (tertiary/aromatic N) is 2. The molecule has 34 heavy (non-hydrogen) atoms. The number of carbonyl (C=O) groups is 4. The number of carbonyl (C=O) groups excluding carboxylic acids is 4. The molecule has 3 rings (SSSR count). The fraction of sp³-hybridized carbons (Fsp3) is 0.385. The Balaban J connectivity index is 1.68. The van der Waals surface area contributed by atoms with Crippen LogP contribution < -0.4 is 5.32 Å². The Morgan fingerprint density at radius 3 is 2.26 bits per heavy atom. The summed E-state index contributed by atoms with van der Waals surface area (Å²) >= 11 is 3.45. The van der Waals surface area contributed by atoms with Crippen molar-refractivity contribution in [3.8, 4) is 0 Å². The Kier molecular flexibility index (Phi) is 8.61. The number of hydrogen-bond acceptors (Lipinski definition) is 4. The minimum absolute atomic E-state index is 0.00611. The van der Waals surface area contributed by atoms with Crippen molar-refractivity contribution in [3.63, 3.8) is 0 Å². The van der Waals surface area contributed by atoms with Crippen molar-refractivity contribution in [1.82, 2.24) is 15.1 Å². The molecule has 180 valence electrons. The van der Waals surface area contributed by atoms with Crippen LogP contribution in [0.25, 0.3) is 0 Å². The molecule has 1 heterocycles. The molecule has 1 aliphatic heterocycles. The maximum Gasteiger partial charge on any atom is 0.261 e. The van der Waals surface area contributed by atoms with Crippen molar-refractivity contribution in [2.75, 3.05) is 6.54 Å². The van der Waals surface area contributed by atoms with Crippen molar-refractivity contribution in [2.45, 2.75) is 58.7 Å². The summed E-state index contributed by atoms with van der Waals surface area (Å²) in [6.45, 7) is 6.06. The molecule has 1 aliphatic rings. The first kappa shape index (κ1) is 25.6. The summed E-state index contributed by atoms with van der Waals surface area (Å²) in [6, 6.07) is 13.7. The summed E-state index contributed by atoms with van der Waals surface area (Å²) in [7, 11) is 0. The zero-order valence-corrected chi connectivity index (χ0v) is 21.3. The highest BCUT2D eigenvalue weighted by molar-refractivity contribution is 9.10. The highest BCUT2D eigenvalue weighted by Gasteiger charge is 2.35. The Labute approximate surface area is 208 Å². The number of halogens is 1. The smallest absolute Gasteiger partial charge is 0.261 e. The van der Waals surface area contributed by atoms with E-state index < -0.39 is 6.04 Å². The predicted octanol–water partition coefficient (Wildman–Crippen LogP) is 4.16. The predicted molar refractivity (Wildman–Crippen MR) is 133 cm³/mol. The van der Waals surface area contributed by atoms with E-state index in [0.717, 1.165) is 16.5 Å². The van der Waals surface area contributed by atoms with Gasteiger partial charge in [-0.05, 0) is 56.5 Å². The van der Waals surface area contributed by atoms with Crippen LogP contribution in [0.1, 0.15) is 66.3 Å². The van der Waals surface area contributed by atoms with E-state index in [1.807, 2.05) is 38.1 Å². The molecule has 0 saturated heterocycles. The van der Waals surface area contributed by atoms with Gasteiger partial charge in [0, 0.05) is 30.0 Å². The molecule has 0 spiro atoms. The molecular formula is C26H30BrN3O4. The normalized spacial score (nSPS) is 14.5. The molecule has 1 N–H and O–H groups in total. The monoisotopic (exact) mass is 527 g/mol. The van der Waals surface area contributed by atoms with Crippen LogP contribution >= 0.6 is 15.9 Å². The van der Waals surface area contributed by atoms with Gasteiger partial charge in [-0.3, -0.25) is 24.1 Å². The first-order valence-electron chi connectivity index (χ1n) is 11.5. The molecular weight excluding hydrogens is 498 g/mol. The summed E-state index contributed by atoms with van der Waals surface area (Å²) < 4.78 is 0.889. The van der Waals surface area contributed by atoms with Crippen LogP contribution in [-0.2, 0) is 16.1 Å². The lowest BCUT2D eigenvalue weighted by atomic mass is 10.1. The Morgan fingerprint density at radius 1 is 1.03 bits per heavy atom. The van der Waals surface area contributed by atoms with Gasteiger partial charge in [-0.15, -0.1) is 0 Å². The number of fused-ring (bicyclic) bond motifs is 1. The molecule has 4 amide bonds. The van der Waals surface area contributed by atoms with Gasteiger partial charge >= 0.3 is 0 Å². The second kappa shape index (κ2) is 11.4. The number of rotatable bonds is 10. The molecule has 2 aromatic rings. The molecule has 0 saturated carbocycles. The molecule has 0 unspecified atom stereocenters. The molecule has 0 radical (unpaired) electrons. The molecule has 7 nitrogen and oxygen atoms in total. The van der Waals surface area contributed by atoms with E-state index in [1.165, 1.54) is 4.90 Å². The van der Waals surface area contributed by atoms with Crippen LogP contribution in [0, 0.1) is 0 Å². The van der Waals surface area contributed by atoms with Crippen LogP contribution in [0.15, 0.2) is 53.0 Å². The van der Waals surface area contributed by atoms with Gasteiger partial charge in [-0.2, -0.15) is 0 Å². The van der Waals surface area contributed by atoms with Gasteiger partial charge in [0.1, 0.15) is 6.04 Å². The molecule has 0 aromatic heterocycles. The summed E-state index contributed by atoms with van der Waals surface area (Å²) in [5.41, 5.74) is 1.68. The maximum absolute atomic E-state index is 13.2. The third-order valence-corrected chi connectivity index (χ3v) is 6.55. The number of hydrogen-bond donors (Lipinski definition) is 1. The molecule has 0 bridgehead atoms. The van der Waals surface area contributed by atoms with Crippen molar-refractivity contribution < 1.29 is 19.2 Å². The second-order valence-corrected chi connectivity index (χ2v) is 9.47. The van der Waals surface area contributed by atoms with Crippen LogP contribution in [0.2, 0.25) is 0 Å². The molecule has 0 aliphatic carbocycles. The van der Waals surface area contributed by atoms with Gasteiger partial charge in [-0.25, -0.2) is 0 Å². The Bertz CT molecular complexity index is 1050. The van der Waals surface area contributed by atoms with E-state index in [9.17, 15) is 19.2 Å². The quantitative estimate of drug-likeness (QED) is 0.470. The third-order valence-electron chi connectivity index (χ3n) is 6.06. The van der Waals surface area contributed by atoms with Crippen LogP contribution in [0.4, 0.5) is 0 Å². The van der Waals surface area contributed by atoms with Gasteiger partial charge < -0.3 is 10.2 Å². The second-order valence-electron chi connectivity index (χ2n) is 8.56. The van der Waals surface area contributed by atoms with Crippen molar-refractivity contribution >= 4 is 39.6 Å². The van der Waals surface area contributed by atoms with Gasteiger partial charge in [0.2, 0.25) is 11.8 Å².